The van der Waals surface area contributed by atoms with Gasteiger partial charge >= 0.3 is 0 Å². The molecule has 0 bridgehead atoms. The second kappa shape index (κ2) is 9.10. The van der Waals surface area contributed by atoms with Crippen LogP contribution in [0, 0.1) is 5.82 Å². The highest BCUT2D eigenvalue weighted by Crippen LogP contribution is 2.27. The Bertz CT molecular complexity index is 1170. The van der Waals surface area contributed by atoms with E-state index in [4.69, 9.17) is 16.3 Å². The number of aromatic nitrogens is 1. The molecule has 0 fully saturated rings. The van der Waals surface area contributed by atoms with Crippen LogP contribution in [-0.4, -0.2) is 25.9 Å². The van der Waals surface area contributed by atoms with E-state index in [1.807, 2.05) is 0 Å². The lowest BCUT2D eigenvalue weighted by atomic mass is 10.2. The molecule has 156 valence electrons. The molecule has 3 aromatic rings. The van der Waals surface area contributed by atoms with Gasteiger partial charge in [0.25, 0.3) is 15.9 Å². The van der Waals surface area contributed by atoms with E-state index in [0.29, 0.717) is 12.3 Å². The van der Waals surface area contributed by atoms with Gasteiger partial charge in [0.15, 0.2) is 0 Å². The highest BCUT2D eigenvalue weighted by Gasteiger charge is 2.18. The summed E-state index contributed by atoms with van der Waals surface area (Å²) in [5.41, 5.74) is 0.528. The summed E-state index contributed by atoms with van der Waals surface area (Å²) in [6, 6.07) is 11.7. The van der Waals surface area contributed by atoms with Crippen LogP contribution in [0.25, 0.3) is 0 Å². The molecular formula is C20H17ClFN3O4S. The zero-order valence-corrected chi connectivity index (χ0v) is 17.3. The molecule has 0 unspecified atom stereocenters. The number of pyridine rings is 1. The minimum Gasteiger partial charge on any atom is -0.476 e. The topological polar surface area (TPSA) is 97.4 Å². The number of nitrogens with zero attached hydrogens (tertiary/aromatic N) is 1. The number of sulfonamides is 1. The number of halogens is 2. The van der Waals surface area contributed by atoms with Gasteiger partial charge in [-0.25, -0.2) is 17.8 Å². The van der Waals surface area contributed by atoms with Crippen LogP contribution in [0.5, 0.6) is 5.88 Å². The van der Waals surface area contributed by atoms with Crippen LogP contribution in [0.3, 0.4) is 0 Å². The number of hydrogen-bond donors (Lipinski definition) is 2. The monoisotopic (exact) mass is 449 g/mol. The molecule has 0 atom stereocenters. The molecule has 3 rings (SSSR count). The molecule has 1 heterocycles. The first kappa shape index (κ1) is 21.5. The molecule has 0 saturated heterocycles. The smallest absolute Gasteiger partial charge is 0.261 e. The normalized spacial score (nSPS) is 11.0. The molecule has 30 heavy (non-hydrogen) atoms. The number of benzene rings is 2. The average Bonchev–Trinajstić information content (AvgIpc) is 2.71. The van der Waals surface area contributed by atoms with Crippen molar-refractivity contribution >= 4 is 38.9 Å². The Morgan fingerprint density at radius 2 is 1.87 bits per heavy atom. The van der Waals surface area contributed by atoms with Crippen LogP contribution in [0.15, 0.2) is 65.7 Å². The molecule has 0 aliphatic carbocycles. The molecule has 1 amide bonds. The van der Waals surface area contributed by atoms with Crippen molar-refractivity contribution < 1.29 is 22.3 Å². The summed E-state index contributed by atoms with van der Waals surface area (Å²) in [5.74, 6) is -0.810. The molecule has 2 aromatic carbocycles. The van der Waals surface area contributed by atoms with Crippen LogP contribution in [0.4, 0.5) is 15.8 Å². The number of carbonyl (C=O) groups excluding carboxylic acids is 1. The van der Waals surface area contributed by atoms with Crippen molar-refractivity contribution in [3.05, 3.63) is 77.2 Å². The number of rotatable bonds is 7. The van der Waals surface area contributed by atoms with E-state index >= 15 is 0 Å². The predicted molar refractivity (Wildman–Crippen MR) is 112 cm³/mol. The number of nitrogens with one attached hydrogen (secondary N) is 2. The van der Waals surface area contributed by atoms with Gasteiger partial charge in [0.05, 0.1) is 22.2 Å². The predicted octanol–water partition coefficient (Wildman–Crippen LogP) is 4.33. The fraction of sp³-hybridized carbons (Fsp3) is 0.100. The number of ether oxygens (including phenoxy) is 1. The Kier molecular flexibility index (Phi) is 6.53. The van der Waals surface area contributed by atoms with E-state index in [1.54, 1.807) is 19.1 Å². The number of amides is 1. The molecule has 0 radical (unpaired) electrons. The summed E-state index contributed by atoms with van der Waals surface area (Å²) < 4.78 is 45.8. The van der Waals surface area contributed by atoms with Crippen LogP contribution in [0.1, 0.15) is 17.3 Å². The van der Waals surface area contributed by atoms with Crippen LogP contribution >= 0.6 is 11.6 Å². The van der Waals surface area contributed by atoms with Crippen LogP contribution < -0.4 is 14.8 Å². The molecule has 0 spiro atoms. The van der Waals surface area contributed by atoms with Crippen molar-refractivity contribution in [1.29, 1.82) is 0 Å². The molecule has 2 N–H and O–H groups in total. The van der Waals surface area contributed by atoms with E-state index in [0.717, 1.165) is 24.3 Å². The first-order valence-corrected chi connectivity index (χ1v) is 10.6. The summed E-state index contributed by atoms with van der Waals surface area (Å²) in [6.07, 6.45) is 1.53. The van der Waals surface area contributed by atoms with Gasteiger partial charge in [0, 0.05) is 11.8 Å². The minimum atomic E-state index is -4.03. The lowest BCUT2D eigenvalue weighted by Crippen LogP contribution is -2.16. The Morgan fingerprint density at radius 3 is 2.57 bits per heavy atom. The van der Waals surface area contributed by atoms with Gasteiger partial charge in [0.2, 0.25) is 5.88 Å². The second-order valence-corrected chi connectivity index (χ2v) is 8.09. The first-order chi connectivity index (χ1) is 14.3. The third kappa shape index (κ3) is 5.05. The van der Waals surface area contributed by atoms with Crippen molar-refractivity contribution in [1.82, 2.24) is 4.98 Å². The summed E-state index contributed by atoms with van der Waals surface area (Å²) in [7, 11) is -4.03. The van der Waals surface area contributed by atoms with E-state index < -0.39 is 21.7 Å². The van der Waals surface area contributed by atoms with Gasteiger partial charge in [-0.15, -0.1) is 0 Å². The van der Waals surface area contributed by atoms with Crippen molar-refractivity contribution in [2.75, 3.05) is 16.6 Å². The van der Waals surface area contributed by atoms with Gasteiger partial charge in [-0.2, -0.15) is 0 Å². The summed E-state index contributed by atoms with van der Waals surface area (Å²) in [6.45, 7) is 2.16. The van der Waals surface area contributed by atoms with E-state index in [1.165, 1.54) is 24.4 Å². The average molecular weight is 450 g/mol. The number of hydrogen-bond acceptors (Lipinski definition) is 5. The van der Waals surface area contributed by atoms with Gasteiger partial charge in [-0.1, -0.05) is 11.6 Å². The molecule has 0 saturated carbocycles. The van der Waals surface area contributed by atoms with Gasteiger partial charge in [-0.3, -0.25) is 9.52 Å². The largest absolute Gasteiger partial charge is 0.476 e. The van der Waals surface area contributed by atoms with Crippen molar-refractivity contribution in [2.45, 2.75) is 11.8 Å². The molecule has 1 aromatic heterocycles. The number of carbonyl (C=O) groups is 1. The minimum absolute atomic E-state index is 0.00450. The highest BCUT2D eigenvalue weighted by molar-refractivity contribution is 7.92. The lowest BCUT2D eigenvalue weighted by molar-refractivity contribution is 0.102. The molecule has 7 nitrogen and oxygen atoms in total. The Balaban J connectivity index is 1.84. The third-order valence-electron chi connectivity index (χ3n) is 3.90. The van der Waals surface area contributed by atoms with Gasteiger partial charge in [-0.05, 0) is 61.5 Å². The van der Waals surface area contributed by atoms with Gasteiger partial charge in [0.1, 0.15) is 11.5 Å². The van der Waals surface area contributed by atoms with Crippen molar-refractivity contribution in [3.8, 4) is 5.88 Å². The summed E-state index contributed by atoms with van der Waals surface area (Å²) in [4.78, 5) is 16.6. The lowest BCUT2D eigenvalue weighted by Gasteiger charge is -2.13. The van der Waals surface area contributed by atoms with Crippen molar-refractivity contribution in [3.63, 3.8) is 0 Å². The Morgan fingerprint density at radius 1 is 1.13 bits per heavy atom. The highest BCUT2D eigenvalue weighted by atomic mass is 35.5. The fourth-order valence-corrected chi connectivity index (χ4v) is 3.79. The maximum absolute atomic E-state index is 13.1. The Hall–Kier alpha value is -3.17. The quantitative estimate of drug-likeness (QED) is 0.559. The van der Waals surface area contributed by atoms with E-state index in [2.05, 4.69) is 15.0 Å². The van der Waals surface area contributed by atoms with E-state index in [9.17, 15) is 17.6 Å². The molecule has 0 aliphatic heterocycles. The first-order valence-electron chi connectivity index (χ1n) is 8.77. The molecular weight excluding hydrogens is 433 g/mol. The second-order valence-electron chi connectivity index (χ2n) is 6.00. The standard InChI is InChI=1S/C20H17ClFN3O4S/c1-2-29-20-17(4-3-11-23-20)24-19(26)13-5-10-16(21)18(12-13)25-30(27,28)15-8-6-14(22)7-9-15/h3-12,25H,2H2,1H3,(H,24,26). The molecule has 10 heteroatoms. The summed E-state index contributed by atoms with van der Waals surface area (Å²) >= 11 is 6.10. The van der Waals surface area contributed by atoms with E-state index in [-0.39, 0.29) is 27.0 Å². The Labute approximate surface area is 177 Å². The molecule has 0 aliphatic rings. The zero-order chi connectivity index (χ0) is 21.7. The van der Waals surface area contributed by atoms with Crippen LogP contribution in [0.2, 0.25) is 5.02 Å². The maximum Gasteiger partial charge on any atom is 0.261 e. The number of anilines is 2. The summed E-state index contributed by atoms with van der Waals surface area (Å²) in [5, 5.41) is 2.76. The SMILES string of the molecule is CCOc1ncccc1NC(=O)c1ccc(Cl)c(NS(=O)(=O)c2ccc(F)cc2)c1. The fourth-order valence-electron chi connectivity index (χ4n) is 2.49. The third-order valence-corrected chi connectivity index (χ3v) is 5.61. The van der Waals surface area contributed by atoms with Crippen LogP contribution in [-0.2, 0) is 10.0 Å². The maximum atomic E-state index is 13.1. The zero-order valence-electron chi connectivity index (χ0n) is 15.7. The van der Waals surface area contributed by atoms with Gasteiger partial charge < -0.3 is 10.1 Å². The van der Waals surface area contributed by atoms with Crippen molar-refractivity contribution in [2.24, 2.45) is 0 Å².